The molecule has 1 aromatic heterocycles. The summed E-state index contributed by atoms with van der Waals surface area (Å²) in [5.74, 6) is 0. The van der Waals surface area contributed by atoms with Gasteiger partial charge in [0, 0.05) is 18.2 Å². The zero-order valence-corrected chi connectivity index (χ0v) is 11.8. The van der Waals surface area contributed by atoms with Crippen molar-refractivity contribution >= 4 is 17.0 Å². The van der Waals surface area contributed by atoms with E-state index in [1.165, 1.54) is 6.07 Å². The van der Waals surface area contributed by atoms with Crippen molar-refractivity contribution in [1.29, 1.82) is 0 Å². The normalized spacial score (nSPS) is 10.5. The molecule has 1 amide bonds. The Balaban J connectivity index is 1.87. The van der Waals surface area contributed by atoms with Gasteiger partial charge in [0.2, 0.25) is 5.56 Å². The number of alkyl carbamates (subject to hydrolysis) is 1. The van der Waals surface area contributed by atoms with Crippen LogP contribution in [0.25, 0.3) is 10.9 Å². The summed E-state index contributed by atoms with van der Waals surface area (Å²) in [6.45, 7) is 2.90. The molecule has 0 bridgehead atoms. The van der Waals surface area contributed by atoms with E-state index in [4.69, 9.17) is 9.47 Å². The fourth-order valence-corrected chi connectivity index (χ4v) is 1.82. The average Bonchev–Trinajstić information content (AvgIpc) is 2.49. The van der Waals surface area contributed by atoms with Gasteiger partial charge in [0.25, 0.3) is 0 Å². The van der Waals surface area contributed by atoms with Gasteiger partial charge in [-0.2, -0.15) is 0 Å². The highest BCUT2D eigenvalue weighted by Gasteiger charge is 2.03. The van der Waals surface area contributed by atoms with Gasteiger partial charge in [0.1, 0.15) is 13.3 Å². The molecule has 0 aliphatic heterocycles. The average molecular weight is 290 g/mol. The van der Waals surface area contributed by atoms with E-state index < -0.39 is 6.09 Å². The predicted octanol–water partition coefficient (Wildman–Crippen LogP) is 2.14. The van der Waals surface area contributed by atoms with Crippen molar-refractivity contribution in [2.75, 3.05) is 13.3 Å². The number of hydrogen-bond acceptors (Lipinski definition) is 4. The van der Waals surface area contributed by atoms with Crippen LogP contribution in [0.15, 0.2) is 35.1 Å². The maximum Gasteiger partial charge on any atom is 0.409 e. The fourth-order valence-electron chi connectivity index (χ4n) is 1.82. The van der Waals surface area contributed by atoms with E-state index in [9.17, 15) is 9.59 Å². The van der Waals surface area contributed by atoms with Crippen molar-refractivity contribution in [1.82, 2.24) is 10.3 Å². The second-order valence-electron chi connectivity index (χ2n) is 4.55. The second kappa shape index (κ2) is 7.44. The van der Waals surface area contributed by atoms with Gasteiger partial charge >= 0.3 is 6.09 Å². The number of pyridine rings is 1. The van der Waals surface area contributed by atoms with Crippen molar-refractivity contribution in [3.05, 3.63) is 46.2 Å². The number of ether oxygens (including phenoxy) is 2. The molecule has 21 heavy (non-hydrogen) atoms. The van der Waals surface area contributed by atoms with Crippen LogP contribution >= 0.6 is 0 Å². The molecule has 0 aliphatic carbocycles. The Kier molecular flexibility index (Phi) is 5.34. The zero-order valence-electron chi connectivity index (χ0n) is 11.8. The molecule has 0 radical (unpaired) electrons. The number of nitrogens with one attached hydrogen (secondary N) is 2. The number of benzene rings is 1. The molecule has 0 unspecified atom stereocenters. The SMILES string of the molecule is CCCOCNC(=O)OCc1ccc2[nH]c(=O)ccc2c1. The van der Waals surface area contributed by atoms with Crippen LogP contribution in [-0.2, 0) is 16.1 Å². The first-order chi connectivity index (χ1) is 10.2. The second-order valence-corrected chi connectivity index (χ2v) is 4.55. The van der Waals surface area contributed by atoms with Crippen LogP contribution in [0.2, 0.25) is 0 Å². The van der Waals surface area contributed by atoms with Crippen molar-refractivity contribution in [2.24, 2.45) is 0 Å². The Bertz CT molecular complexity index is 666. The smallest absolute Gasteiger partial charge is 0.409 e. The highest BCUT2D eigenvalue weighted by molar-refractivity contribution is 5.78. The molecule has 1 aromatic carbocycles. The minimum Gasteiger partial charge on any atom is -0.445 e. The maximum atomic E-state index is 11.4. The van der Waals surface area contributed by atoms with Crippen LogP contribution in [0.1, 0.15) is 18.9 Å². The van der Waals surface area contributed by atoms with Crippen LogP contribution in [0, 0.1) is 0 Å². The highest BCUT2D eigenvalue weighted by atomic mass is 16.6. The van der Waals surface area contributed by atoms with Gasteiger partial charge in [-0.1, -0.05) is 13.0 Å². The molecule has 0 spiro atoms. The third-order valence-corrected chi connectivity index (χ3v) is 2.83. The molecule has 6 nitrogen and oxygen atoms in total. The topological polar surface area (TPSA) is 80.4 Å². The maximum absolute atomic E-state index is 11.4. The Morgan fingerprint density at radius 1 is 1.29 bits per heavy atom. The number of carbonyl (C=O) groups is 1. The summed E-state index contributed by atoms with van der Waals surface area (Å²) in [6, 6.07) is 8.66. The molecule has 0 saturated heterocycles. The van der Waals surface area contributed by atoms with E-state index in [1.807, 2.05) is 13.0 Å². The lowest BCUT2D eigenvalue weighted by Gasteiger charge is -2.08. The highest BCUT2D eigenvalue weighted by Crippen LogP contribution is 2.12. The molecule has 2 rings (SSSR count). The van der Waals surface area contributed by atoms with Gasteiger partial charge in [-0.25, -0.2) is 4.79 Å². The predicted molar refractivity (Wildman–Crippen MR) is 79.0 cm³/mol. The third kappa shape index (κ3) is 4.61. The van der Waals surface area contributed by atoms with Crippen molar-refractivity contribution in [3.8, 4) is 0 Å². The summed E-state index contributed by atoms with van der Waals surface area (Å²) >= 11 is 0. The van der Waals surface area contributed by atoms with E-state index in [0.717, 1.165) is 22.9 Å². The van der Waals surface area contributed by atoms with E-state index in [1.54, 1.807) is 18.2 Å². The summed E-state index contributed by atoms with van der Waals surface area (Å²) in [6.07, 6.45) is 0.378. The number of carbonyl (C=O) groups excluding carboxylic acids is 1. The van der Waals surface area contributed by atoms with Crippen LogP contribution < -0.4 is 10.9 Å². The van der Waals surface area contributed by atoms with Crippen molar-refractivity contribution in [3.63, 3.8) is 0 Å². The largest absolute Gasteiger partial charge is 0.445 e. The van der Waals surface area contributed by atoms with Gasteiger partial charge in [0.05, 0.1) is 0 Å². The Labute approximate surface area is 122 Å². The first-order valence-electron chi connectivity index (χ1n) is 6.79. The van der Waals surface area contributed by atoms with Crippen LogP contribution in [0.3, 0.4) is 0 Å². The molecule has 0 aliphatic rings. The summed E-state index contributed by atoms with van der Waals surface area (Å²) in [5, 5.41) is 3.39. The molecule has 112 valence electrons. The Morgan fingerprint density at radius 2 is 2.14 bits per heavy atom. The molecule has 2 aromatic rings. The van der Waals surface area contributed by atoms with Gasteiger partial charge in [0.15, 0.2) is 0 Å². The fraction of sp³-hybridized carbons (Fsp3) is 0.333. The minimum atomic E-state index is -0.521. The number of hydrogen-bond donors (Lipinski definition) is 2. The third-order valence-electron chi connectivity index (χ3n) is 2.83. The zero-order chi connectivity index (χ0) is 15.1. The number of aromatic nitrogens is 1. The van der Waals surface area contributed by atoms with Gasteiger partial charge < -0.3 is 14.5 Å². The molecule has 6 heteroatoms. The Morgan fingerprint density at radius 3 is 2.95 bits per heavy atom. The van der Waals surface area contributed by atoms with Crippen molar-refractivity contribution < 1.29 is 14.3 Å². The molecular formula is C15H18N2O4. The summed E-state index contributed by atoms with van der Waals surface area (Å²) in [4.78, 5) is 25.3. The molecule has 1 heterocycles. The first-order valence-corrected chi connectivity index (χ1v) is 6.79. The minimum absolute atomic E-state index is 0.141. The summed E-state index contributed by atoms with van der Waals surface area (Å²) < 4.78 is 10.2. The summed E-state index contributed by atoms with van der Waals surface area (Å²) in [7, 11) is 0. The van der Waals surface area contributed by atoms with E-state index in [2.05, 4.69) is 10.3 Å². The van der Waals surface area contributed by atoms with E-state index in [-0.39, 0.29) is 18.9 Å². The van der Waals surface area contributed by atoms with Crippen LogP contribution in [0.4, 0.5) is 4.79 Å². The van der Waals surface area contributed by atoms with Gasteiger partial charge in [-0.3, -0.25) is 10.1 Å². The lowest BCUT2D eigenvalue weighted by molar-refractivity contribution is 0.0930. The standard InChI is InChI=1S/C15H18N2O4/c1-2-7-20-10-16-15(19)21-9-11-3-5-13-12(8-11)4-6-14(18)17-13/h3-6,8H,2,7,9-10H2,1H3,(H,16,19)(H,17,18). The number of H-pyrrole nitrogens is 1. The Hall–Kier alpha value is -2.34. The van der Waals surface area contributed by atoms with E-state index in [0.29, 0.717) is 6.61 Å². The number of fused-ring (bicyclic) bond motifs is 1. The van der Waals surface area contributed by atoms with Crippen LogP contribution in [0.5, 0.6) is 0 Å². The quantitative estimate of drug-likeness (QED) is 0.631. The lowest BCUT2D eigenvalue weighted by Crippen LogP contribution is -2.26. The number of aromatic amines is 1. The van der Waals surface area contributed by atoms with E-state index >= 15 is 0 Å². The molecule has 2 N–H and O–H groups in total. The monoisotopic (exact) mass is 290 g/mol. The number of amides is 1. The van der Waals surface area contributed by atoms with Crippen molar-refractivity contribution in [2.45, 2.75) is 20.0 Å². The molecular weight excluding hydrogens is 272 g/mol. The van der Waals surface area contributed by atoms with Gasteiger partial charge in [-0.05, 0) is 35.6 Å². The molecule has 0 saturated carbocycles. The van der Waals surface area contributed by atoms with Gasteiger partial charge in [-0.15, -0.1) is 0 Å². The summed E-state index contributed by atoms with van der Waals surface area (Å²) in [5.41, 5.74) is 1.46. The van der Waals surface area contributed by atoms with Crippen LogP contribution in [-0.4, -0.2) is 24.4 Å². The number of rotatable bonds is 6. The molecule has 0 fully saturated rings. The lowest BCUT2D eigenvalue weighted by atomic mass is 10.1. The molecule has 0 atom stereocenters. The first kappa shape index (κ1) is 15.1.